The van der Waals surface area contributed by atoms with Crippen molar-refractivity contribution in [3.63, 3.8) is 0 Å². The number of hydrogen-bond donors (Lipinski definition) is 3. The molecular weight excluding hydrogens is 492 g/mol. The van der Waals surface area contributed by atoms with Crippen LogP contribution in [0, 0.1) is 0 Å². The Morgan fingerprint density at radius 2 is 1.85 bits per heavy atom. The van der Waals surface area contributed by atoms with Crippen molar-refractivity contribution in [3.05, 3.63) is 95.6 Å². The van der Waals surface area contributed by atoms with Crippen LogP contribution in [0.2, 0.25) is 0 Å². The Bertz CT molecular complexity index is 1390. The summed E-state index contributed by atoms with van der Waals surface area (Å²) in [4.78, 5) is 14.8. The number of aromatic nitrogens is 4. The number of benzene rings is 3. The number of piperazine rings is 1. The van der Waals surface area contributed by atoms with Crippen molar-refractivity contribution in [2.75, 3.05) is 19.6 Å². The van der Waals surface area contributed by atoms with E-state index in [1.54, 1.807) is 6.07 Å². The summed E-state index contributed by atoms with van der Waals surface area (Å²) in [5.41, 5.74) is 4.11. The van der Waals surface area contributed by atoms with E-state index in [2.05, 4.69) is 75.0 Å². The molecule has 0 spiro atoms. The lowest BCUT2D eigenvalue weighted by molar-refractivity contribution is -0.137. The predicted octanol–water partition coefficient (Wildman–Crippen LogP) is 3.91. The molecule has 1 saturated heterocycles. The van der Waals surface area contributed by atoms with Crippen LogP contribution in [0.1, 0.15) is 42.5 Å². The van der Waals surface area contributed by atoms with Crippen LogP contribution in [0.25, 0.3) is 11.4 Å². The van der Waals surface area contributed by atoms with E-state index in [1.807, 2.05) is 30.3 Å². The molecule has 1 aliphatic heterocycles. The highest BCUT2D eigenvalue weighted by Crippen LogP contribution is 2.38. The van der Waals surface area contributed by atoms with E-state index in [4.69, 9.17) is 5.11 Å². The maximum Gasteiger partial charge on any atom is 0.303 e. The number of aliphatic carboxylic acids is 1. The first-order chi connectivity index (χ1) is 18.9. The Morgan fingerprint density at radius 1 is 1.05 bits per heavy atom. The lowest BCUT2D eigenvalue weighted by atomic mass is 9.84. The molecule has 1 fully saturated rings. The van der Waals surface area contributed by atoms with Gasteiger partial charge in [-0.15, -0.1) is 10.2 Å². The molecular formula is C30H34N6O3. The fourth-order valence-electron chi connectivity index (χ4n) is 5.46. The molecule has 1 aliphatic rings. The Hall–Kier alpha value is -4.08. The molecule has 0 aliphatic carbocycles. The number of carboxylic acid groups (broad SMARTS) is 1. The molecule has 2 heterocycles. The molecule has 0 saturated carbocycles. The van der Waals surface area contributed by atoms with Gasteiger partial charge in [0.1, 0.15) is 5.75 Å². The van der Waals surface area contributed by atoms with Crippen molar-refractivity contribution >= 4 is 5.97 Å². The molecule has 9 heteroatoms. The SMILES string of the molecule is CC1(Cc2ccccc2)CNCCN1C(c1ccc(-c2nnn(CCCC(=O)O)n2)cc1)c1cccc(O)c1. The second-order valence-electron chi connectivity index (χ2n) is 10.4. The van der Waals surface area contributed by atoms with Gasteiger partial charge in [0.25, 0.3) is 0 Å². The average Bonchev–Trinajstić information content (AvgIpc) is 3.40. The smallest absolute Gasteiger partial charge is 0.303 e. The number of carboxylic acids is 1. The lowest BCUT2D eigenvalue weighted by Crippen LogP contribution is -2.61. The number of nitrogens with zero attached hydrogens (tertiary/aromatic N) is 5. The Morgan fingerprint density at radius 3 is 2.59 bits per heavy atom. The number of nitrogens with one attached hydrogen (secondary N) is 1. The standard InChI is InChI=1S/C30H34N6O3/c1-30(20-22-7-3-2-4-8-22)21-31-16-18-35(30)28(25-9-5-10-26(37)19-25)23-12-14-24(15-13-23)29-32-34-36(33-29)17-6-11-27(38)39/h2-5,7-10,12-15,19,28,31,37H,6,11,16-18,20-21H2,1H3,(H,38,39). The molecule has 2 atom stereocenters. The second kappa shape index (κ2) is 11.8. The third-order valence-electron chi connectivity index (χ3n) is 7.34. The summed E-state index contributed by atoms with van der Waals surface area (Å²) in [6, 6.07) is 26.2. The van der Waals surface area contributed by atoms with Crippen LogP contribution in [-0.2, 0) is 17.8 Å². The van der Waals surface area contributed by atoms with E-state index in [9.17, 15) is 9.90 Å². The second-order valence-corrected chi connectivity index (χ2v) is 10.4. The minimum absolute atomic E-state index is 0.0667. The zero-order chi connectivity index (χ0) is 27.2. The molecule has 39 heavy (non-hydrogen) atoms. The van der Waals surface area contributed by atoms with Crippen LogP contribution < -0.4 is 5.32 Å². The van der Waals surface area contributed by atoms with Crippen LogP contribution in [0.15, 0.2) is 78.9 Å². The number of phenols is 1. The van der Waals surface area contributed by atoms with E-state index >= 15 is 0 Å². The summed E-state index contributed by atoms with van der Waals surface area (Å²) >= 11 is 0. The van der Waals surface area contributed by atoms with Gasteiger partial charge in [0.15, 0.2) is 0 Å². The summed E-state index contributed by atoms with van der Waals surface area (Å²) in [7, 11) is 0. The predicted molar refractivity (Wildman–Crippen MR) is 148 cm³/mol. The minimum atomic E-state index is -0.837. The molecule has 2 unspecified atom stereocenters. The van der Waals surface area contributed by atoms with Gasteiger partial charge in [-0.05, 0) is 53.8 Å². The molecule has 202 valence electrons. The highest BCUT2D eigenvalue weighted by molar-refractivity contribution is 5.66. The summed E-state index contributed by atoms with van der Waals surface area (Å²) < 4.78 is 0. The summed E-state index contributed by atoms with van der Waals surface area (Å²) in [5.74, 6) is -0.0869. The fourth-order valence-corrected chi connectivity index (χ4v) is 5.46. The van der Waals surface area contributed by atoms with Gasteiger partial charge in [-0.1, -0.05) is 66.7 Å². The normalized spacial score (nSPS) is 18.6. The maximum absolute atomic E-state index is 10.8. The quantitative estimate of drug-likeness (QED) is 0.285. The third kappa shape index (κ3) is 6.32. The number of tetrazole rings is 1. The van der Waals surface area contributed by atoms with Crippen molar-refractivity contribution in [2.45, 2.75) is 44.3 Å². The van der Waals surface area contributed by atoms with E-state index in [0.29, 0.717) is 18.8 Å². The Kier molecular flexibility index (Phi) is 7.99. The number of phenolic OH excluding ortho intramolecular Hbond substituents is 1. The van der Waals surface area contributed by atoms with Gasteiger partial charge in [-0.25, -0.2) is 0 Å². The summed E-state index contributed by atoms with van der Waals surface area (Å²) in [5, 5.41) is 35.5. The molecule has 1 aromatic heterocycles. The highest BCUT2D eigenvalue weighted by atomic mass is 16.4. The summed E-state index contributed by atoms with van der Waals surface area (Å²) in [6.45, 7) is 5.30. The van der Waals surface area contributed by atoms with E-state index < -0.39 is 5.97 Å². The zero-order valence-electron chi connectivity index (χ0n) is 22.1. The number of rotatable bonds is 10. The van der Waals surface area contributed by atoms with Crippen molar-refractivity contribution in [3.8, 4) is 17.1 Å². The van der Waals surface area contributed by atoms with Gasteiger partial charge in [0.05, 0.1) is 12.6 Å². The van der Waals surface area contributed by atoms with Crippen molar-refractivity contribution in [1.82, 2.24) is 30.4 Å². The van der Waals surface area contributed by atoms with E-state index in [1.165, 1.54) is 10.4 Å². The molecule has 4 aromatic rings. The fraction of sp³-hybridized carbons (Fsp3) is 0.333. The van der Waals surface area contributed by atoms with Gasteiger partial charge < -0.3 is 15.5 Å². The topological polar surface area (TPSA) is 116 Å². The number of aryl methyl sites for hydroxylation is 1. The van der Waals surface area contributed by atoms with Crippen molar-refractivity contribution < 1.29 is 15.0 Å². The van der Waals surface area contributed by atoms with E-state index in [0.717, 1.165) is 42.7 Å². The number of hydrogen-bond acceptors (Lipinski definition) is 7. The van der Waals surface area contributed by atoms with Gasteiger partial charge in [-0.2, -0.15) is 4.80 Å². The van der Waals surface area contributed by atoms with Gasteiger partial charge in [0, 0.05) is 37.2 Å². The first-order valence-corrected chi connectivity index (χ1v) is 13.3. The van der Waals surface area contributed by atoms with Crippen LogP contribution in [0.4, 0.5) is 0 Å². The minimum Gasteiger partial charge on any atom is -0.508 e. The average molecular weight is 527 g/mol. The first kappa shape index (κ1) is 26.5. The van der Waals surface area contributed by atoms with Crippen molar-refractivity contribution in [1.29, 1.82) is 0 Å². The molecule has 9 nitrogen and oxygen atoms in total. The van der Waals surface area contributed by atoms with Crippen LogP contribution in [0.3, 0.4) is 0 Å². The monoisotopic (exact) mass is 526 g/mol. The third-order valence-corrected chi connectivity index (χ3v) is 7.34. The molecule has 3 aromatic carbocycles. The zero-order valence-corrected chi connectivity index (χ0v) is 22.1. The highest BCUT2D eigenvalue weighted by Gasteiger charge is 2.40. The summed E-state index contributed by atoms with van der Waals surface area (Å²) in [6.07, 6.45) is 1.41. The van der Waals surface area contributed by atoms with Crippen LogP contribution in [0.5, 0.6) is 5.75 Å². The van der Waals surface area contributed by atoms with Crippen LogP contribution in [-0.4, -0.2) is 66.5 Å². The molecule has 5 rings (SSSR count). The van der Waals surface area contributed by atoms with Gasteiger partial charge in [-0.3, -0.25) is 9.69 Å². The lowest BCUT2D eigenvalue weighted by Gasteiger charge is -2.50. The number of aromatic hydroxyl groups is 1. The molecule has 0 radical (unpaired) electrons. The first-order valence-electron chi connectivity index (χ1n) is 13.3. The van der Waals surface area contributed by atoms with Crippen molar-refractivity contribution in [2.24, 2.45) is 0 Å². The van der Waals surface area contributed by atoms with E-state index in [-0.39, 0.29) is 23.8 Å². The Labute approximate surface area is 228 Å². The molecule has 3 N–H and O–H groups in total. The largest absolute Gasteiger partial charge is 0.508 e. The molecule has 0 bridgehead atoms. The Balaban J connectivity index is 1.45. The maximum atomic E-state index is 10.8. The van der Waals surface area contributed by atoms with Gasteiger partial charge >= 0.3 is 5.97 Å². The number of carbonyl (C=O) groups is 1. The molecule has 0 amide bonds. The van der Waals surface area contributed by atoms with Crippen LogP contribution >= 0.6 is 0 Å². The van der Waals surface area contributed by atoms with Gasteiger partial charge in [0.2, 0.25) is 5.82 Å².